The highest BCUT2D eigenvalue weighted by molar-refractivity contribution is 7.89. The summed E-state index contributed by atoms with van der Waals surface area (Å²) in [6, 6.07) is 11.8. The second kappa shape index (κ2) is 9.81. The molecule has 1 N–H and O–H groups in total. The first kappa shape index (κ1) is 22.6. The van der Waals surface area contributed by atoms with E-state index in [1.165, 1.54) is 22.5 Å². The topological polar surface area (TPSA) is 75.7 Å². The van der Waals surface area contributed by atoms with Gasteiger partial charge in [-0.1, -0.05) is 30.2 Å². The van der Waals surface area contributed by atoms with Gasteiger partial charge in [-0.15, -0.1) is 0 Å². The highest BCUT2D eigenvalue weighted by atomic mass is 35.5. The maximum Gasteiger partial charge on any atom is 0.251 e. The number of piperidine rings is 1. The molecule has 162 valence electrons. The lowest BCUT2D eigenvalue weighted by molar-refractivity contribution is 0.0950. The van der Waals surface area contributed by atoms with E-state index in [4.69, 9.17) is 16.3 Å². The van der Waals surface area contributed by atoms with E-state index in [0.29, 0.717) is 19.6 Å². The highest BCUT2D eigenvalue weighted by Gasteiger charge is 2.28. The first-order valence-corrected chi connectivity index (χ1v) is 11.9. The van der Waals surface area contributed by atoms with Crippen molar-refractivity contribution in [2.24, 2.45) is 0 Å². The monoisotopic (exact) mass is 450 g/mol. The average molecular weight is 451 g/mol. The Kier molecular flexibility index (Phi) is 7.39. The zero-order valence-electron chi connectivity index (χ0n) is 17.2. The maximum absolute atomic E-state index is 13.0. The van der Waals surface area contributed by atoms with Gasteiger partial charge >= 0.3 is 0 Å². The van der Waals surface area contributed by atoms with Gasteiger partial charge in [-0.2, -0.15) is 4.31 Å². The number of nitrogens with one attached hydrogen (secondary N) is 1. The molecule has 1 saturated heterocycles. The van der Waals surface area contributed by atoms with E-state index in [2.05, 4.69) is 5.32 Å². The molecule has 0 saturated carbocycles. The summed E-state index contributed by atoms with van der Waals surface area (Å²) < 4.78 is 33.0. The Hall–Kier alpha value is -2.09. The van der Waals surface area contributed by atoms with Crippen molar-refractivity contribution in [3.8, 4) is 5.75 Å². The molecule has 8 heteroatoms. The van der Waals surface area contributed by atoms with Gasteiger partial charge in [0.2, 0.25) is 10.0 Å². The molecule has 2 aromatic carbocycles. The maximum atomic E-state index is 13.0. The van der Waals surface area contributed by atoms with E-state index in [1.807, 2.05) is 38.1 Å². The zero-order chi connectivity index (χ0) is 21.7. The Balaban J connectivity index is 1.70. The second-order valence-corrected chi connectivity index (χ2v) is 9.92. The van der Waals surface area contributed by atoms with Gasteiger partial charge in [0, 0.05) is 25.2 Å². The largest absolute Gasteiger partial charge is 0.491 e. The molecule has 0 aliphatic carbocycles. The van der Waals surface area contributed by atoms with Crippen molar-refractivity contribution in [1.82, 2.24) is 9.62 Å². The van der Waals surface area contributed by atoms with Gasteiger partial charge in [0.05, 0.1) is 11.1 Å². The predicted octanol–water partition coefficient (Wildman–Crippen LogP) is 4.23. The Morgan fingerprint density at radius 1 is 1.10 bits per heavy atom. The summed E-state index contributed by atoms with van der Waals surface area (Å²) in [7, 11) is -3.72. The summed E-state index contributed by atoms with van der Waals surface area (Å²) in [6.45, 7) is 5.19. The Labute approximate surface area is 183 Å². The number of halogens is 1. The summed E-state index contributed by atoms with van der Waals surface area (Å²) in [5, 5.41) is 2.94. The molecule has 0 bridgehead atoms. The Morgan fingerprint density at radius 3 is 2.40 bits per heavy atom. The smallest absolute Gasteiger partial charge is 0.251 e. The van der Waals surface area contributed by atoms with Crippen LogP contribution in [-0.4, -0.2) is 37.8 Å². The molecule has 0 radical (unpaired) electrons. The molecule has 0 aromatic heterocycles. The van der Waals surface area contributed by atoms with Gasteiger partial charge in [-0.25, -0.2) is 8.42 Å². The molecule has 3 rings (SSSR count). The molecule has 6 nitrogen and oxygen atoms in total. The van der Waals surface area contributed by atoms with E-state index in [-0.39, 0.29) is 27.5 Å². The number of amides is 1. The van der Waals surface area contributed by atoms with Gasteiger partial charge in [0.15, 0.2) is 0 Å². The zero-order valence-corrected chi connectivity index (χ0v) is 18.8. The van der Waals surface area contributed by atoms with Crippen LogP contribution in [0.15, 0.2) is 47.4 Å². The van der Waals surface area contributed by atoms with Crippen LogP contribution in [-0.2, 0) is 16.6 Å². The van der Waals surface area contributed by atoms with Gasteiger partial charge in [-0.3, -0.25) is 4.79 Å². The first-order valence-electron chi connectivity index (χ1n) is 10.1. The third-order valence-electron chi connectivity index (χ3n) is 4.87. The number of rotatable bonds is 7. The highest BCUT2D eigenvalue weighted by Crippen LogP contribution is 2.28. The van der Waals surface area contributed by atoms with E-state index in [1.54, 1.807) is 0 Å². The SMILES string of the molecule is CC(C)Oc1ccc(CNC(=O)c2ccc(Cl)c(S(=O)(=O)N3CCCCC3)c2)cc1. The van der Waals surface area contributed by atoms with E-state index < -0.39 is 10.0 Å². The van der Waals surface area contributed by atoms with Crippen molar-refractivity contribution in [3.63, 3.8) is 0 Å². The number of sulfonamides is 1. The number of nitrogens with zero attached hydrogens (tertiary/aromatic N) is 1. The number of ether oxygens (including phenoxy) is 1. The van der Waals surface area contributed by atoms with Gasteiger partial charge in [-0.05, 0) is 62.6 Å². The second-order valence-electron chi connectivity index (χ2n) is 7.60. The molecular formula is C22H27ClN2O4S. The molecule has 2 aromatic rings. The quantitative estimate of drug-likeness (QED) is 0.684. The van der Waals surface area contributed by atoms with Crippen molar-refractivity contribution in [2.75, 3.05) is 13.1 Å². The summed E-state index contributed by atoms with van der Waals surface area (Å²) in [5.74, 6) is 0.412. The van der Waals surface area contributed by atoms with Crippen molar-refractivity contribution < 1.29 is 17.9 Å². The number of carbonyl (C=O) groups excluding carboxylic acids is 1. The minimum Gasteiger partial charge on any atom is -0.491 e. The molecular weight excluding hydrogens is 424 g/mol. The normalized spacial score (nSPS) is 15.2. The average Bonchev–Trinajstić information content (AvgIpc) is 2.73. The molecule has 0 unspecified atom stereocenters. The van der Waals surface area contributed by atoms with Crippen LogP contribution in [0.4, 0.5) is 0 Å². The van der Waals surface area contributed by atoms with Crippen LogP contribution >= 0.6 is 11.6 Å². The molecule has 1 aliphatic heterocycles. The lowest BCUT2D eigenvalue weighted by Crippen LogP contribution is -2.36. The predicted molar refractivity (Wildman–Crippen MR) is 117 cm³/mol. The number of carbonyl (C=O) groups is 1. The fourth-order valence-electron chi connectivity index (χ4n) is 3.33. The summed E-state index contributed by atoms with van der Waals surface area (Å²) >= 11 is 6.18. The number of benzene rings is 2. The summed E-state index contributed by atoms with van der Waals surface area (Å²) in [4.78, 5) is 12.6. The van der Waals surface area contributed by atoms with Crippen LogP contribution in [0.2, 0.25) is 5.02 Å². The lowest BCUT2D eigenvalue weighted by atomic mass is 10.2. The number of hydrogen-bond acceptors (Lipinski definition) is 4. The summed E-state index contributed by atoms with van der Waals surface area (Å²) in [6.07, 6.45) is 2.78. The van der Waals surface area contributed by atoms with Crippen molar-refractivity contribution in [3.05, 3.63) is 58.6 Å². The molecule has 30 heavy (non-hydrogen) atoms. The van der Waals surface area contributed by atoms with Crippen LogP contribution in [0, 0.1) is 0 Å². The molecule has 1 aliphatic rings. The van der Waals surface area contributed by atoms with Crippen LogP contribution in [0.1, 0.15) is 49.0 Å². The van der Waals surface area contributed by atoms with Crippen LogP contribution in [0.3, 0.4) is 0 Å². The minimum absolute atomic E-state index is 0.0195. The minimum atomic E-state index is -3.72. The fraction of sp³-hybridized carbons (Fsp3) is 0.409. The van der Waals surface area contributed by atoms with E-state index in [9.17, 15) is 13.2 Å². The lowest BCUT2D eigenvalue weighted by Gasteiger charge is -2.26. The number of hydrogen-bond donors (Lipinski definition) is 1. The third-order valence-corrected chi connectivity index (χ3v) is 7.25. The molecule has 0 atom stereocenters. The molecule has 1 fully saturated rings. The Bertz CT molecular complexity index is 985. The Morgan fingerprint density at radius 2 is 1.77 bits per heavy atom. The van der Waals surface area contributed by atoms with Gasteiger partial charge < -0.3 is 10.1 Å². The van der Waals surface area contributed by atoms with Crippen LogP contribution < -0.4 is 10.1 Å². The van der Waals surface area contributed by atoms with E-state index >= 15 is 0 Å². The van der Waals surface area contributed by atoms with Gasteiger partial charge in [0.25, 0.3) is 5.91 Å². The summed E-state index contributed by atoms with van der Waals surface area (Å²) in [5.41, 5.74) is 1.17. The standard InChI is InChI=1S/C22H27ClN2O4S/c1-16(2)29-19-9-6-17(7-10-19)15-24-22(26)18-8-11-20(23)21(14-18)30(27,28)25-12-4-3-5-13-25/h6-11,14,16H,3-5,12-13,15H2,1-2H3,(H,24,26). The van der Waals surface area contributed by atoms with E-state index in [0.717, 1.165) is 30.6 Å². The van der Waals surface area contributed by atoms with Crippen molar-refractivity contribution >= 4 is 27.5 Å². The van der Waals surface area contributed by atoms with Gasteiger partial charge in [0.1, 0.15) is 10.6 Å². The third kappa shape index (κ3) is 5.53. The first-order chi connectivity index (χ1) is 14.3. The molecule has 1 amide bonds. The van der Waals surface area contributed by atoms with Crippen LogP contribution in [0.25, 0.3) is 0 Å². The molecule has 0 spiro atoms. The van der Waals surface area contributed by atoms with Crippen molar-refractivity contribution in [1.29, 1.82) is 0 Å². The van der Waals surface area contributed by atoms with Crippen molar-refractivity contribution in [2.45, 2.75) is 50.7 Å². The fourth-order valence-corrected chi connectivity index (χ4v) is 5.35. The van der Waals surface area contributed by atoms with Crippen LogP contribution in [0.5, 0.6) is 5.75 Å². The molecule has 1 heterocycles.